The second-order valence-electron chi connectivity index (χ2n) is 13.0. The van der Waals surface area contributed by atoms with Crippen LogP contribution in [0.2, 0.25) is 0 Å². The molecular weight excluding hydrogens is 623 g/mol. The van der Waals surface area contributed by atoms with Crippen LogP contribution in [0.3, 0.4) is 0 Å². The summed E-state index contributed by atoms with van der Waals surface area (Å²) in [6.45, 7) is 4.61. The third-order valence-corrected chi connectivity index (χ3v) is 11.3. The van der Waals surface area contributed by atoms with Crippen LogP contribution < -0.4 is 20.3 Å². The lowest BCUT2D eigenvalue weighted by molar-refractivity contribution is -0.192. The highest BCUT2D eigenvalue weighted by Crippen LogP contribution is 2.58. The molecule has 4 aliphatic heterocycles. The first-order valence-corrected chi connectivity index (χ1v) is 16.1. The number of halogens is 3. The highest BCUT2D eigenvalue weighted by atomic mass is 32.2. The quantitative estimate of drug-likeness (QED) is 0.329. The van der Waals surface area contributed by atoms with Crippen LogP contribution in [-0.4, -0.2) is 78.7 Å². The Balaban J connectivity index is 0.000000404. The van der Waals surface area contributed by atoms with Crippen molar-refractivity contribution in [2.24, 2.45) is 16.6 Å². The number of rotatable bonds is 3. The lowest BCUT2D eigenvalue weighted by Gasteiger charge is -2.41. The van der Waals surface area contributed by atoms with Gasteiger partial charge in [0, 0.05) is 44.0 Å². The maximum Gasteiger partial charge on any atom is 0.490 e. The topological polar surface area (TPSA) is 140 Å². The Labute approximate surface area is 265 Å². The number of aliphatic carboxylic acids is 1. The molecule has 16 heteroatoms. The van der Waals surface area contributed by atoms with Crippen molar-refractivity contribution in [2.75, 3.05) is 36.0 Å². The lowest BCUT2D eigenvalue weighted by atomic mass is 9.73. The van der Waals surface area contributed by atoms with E-state index in [1.807, 2.05) is 31.1 Å². The smallest absolute Gasteiger partial charge is 0.486 e. The van der Waals surface area contributed by atoms with Crippen molar-refractivity contribution in [1.82, 2.24) is 29.1 Å². The number of anilines is 2. The summed E-state index contributed by atoms with van der Waals surface area (Å²) in [6, 6.07) is 4.63. The van der Waals surface area contributed by atoms with Gasteiger partial charge in [0.2, 0.25) is 0 Å². The largest absolute Gasteiger partial charge is 0.490 e. The number of piperidine rings is 1. The normalized spacial score (nSPS) is 23.5. The number of alkyl halides is 3. The van der Waals surface area contributed by atoms with Gasteiger partial charge in [-0.25, -0.2) is 19.7 Å². The van der Waals surface area contributed by atoms with E-state index in [2.05, 4.69) is 41.1 Å². The molecule has 8 heterocycles. The number of aromatic nitrogens is 6. The molecule has 2 saturated heterocycles. The van der Waals surface area contributed by atoms with Gasteiger partial charge in [0.1, 0.15) is 23.5 Å². The van der Waals surface area contributed by atoms with E-state index in [4.69, 9.17) is 30.3 Å². The fourth-order valence-electron chi connectivity index (χ4n) is 7.52. The number of carboxylic acid groups (broad SMARTS) is 1. The summed E-state index contributed by atoms with van der Waals surface area (Å²) in [6.07, 6.45) is 10.5. The maximum absolute atomic E-state index is 10.6. The number of carbonyl (C=O) groups is 1. The molecule has 0 aromatic carbocycles. The van der Waals surface area contributed by atoms with Gasteiger partial charge in [0.05, 0.1) is 35.1 Å². The SMILES string of the molecule is N[C@@H]1c2ccnn2CC12CCN(c1ncc(Sc3ccnc4c3OC[C@H]3CC5(CC5)CN43)n3cncc13)CC2.O=C(O)C(F)(F)F. The van der Waals surface area contributed by atoms with Gasteiger partial charge in [-0.2, -0.15) is 18.3 Å². The Morgan fingerprint density at radius 1 is 1.07 bits per heavy atom. The molecule has 0 amide bonds. The molecule has 4 aromatic rings. The molecule has 242 valence electrons. The number of hydrogen-bond donors (Lipinski definition) is 2. The molecule has 4 aromatic heterocycles. The minimum absolute atomic E-state index is 0.0445. The molecule has 0 unspecified atom stereocenters. The van der Waals surface area contributed by atoms with Gasteiger partial charge in [-0.15, -0.1) is 0 Å². The molecule has 2 atom stereocenters. The van der Waals surface area contributed by atoms with E-state index in [1.54, 1.807) is 11.8 Å². The van der Waals surface area contributed by atoms with Crippen LogP contribution in [0.25, 0.3) is 5.52 Å². The van der Waals surface area contributed by atoms with Crippen molar-refractivity contribution < 1.29 is 27.8 Å². The summed E-state index contributed by atoms with van der Waals surface area (Å²) in [5.41, 5.74) is 9.50. The summed E-state index contributed by atoms with van der Waals surface area (Å²) in [5, 5.41) is 12.6. The van der Waals surface area contributed by atoms with Crippen molar-refractivity contribution in [1.29, 1.82) is 0 Å². The second-order valence-corrected chi connectivity index (χ2v) is 14.0. The van der Waals surface area contributed by atoms with Gasteiger partial charge < -0.3 is 25.4 Å². The van der Waals surface area contributed by atoms with Crippen molar-refractivity contribution in [3.63, 3.8) is 0 Å². The van der Waals surface area contributed by atoms with E-state index < -0.39 is 12.1 Å². The first-order valence-electron chi connectivity index (χ1n) is 15.3. The monoisotopic (exact) mass is 655 g/mol. The van der Waals surface area contributed by atoms with Crippen molar-refractivity contribution in [3.05, 3.63) is 48.9 Å². The summed E-state index contributed by atoms with van der Waals surface area (Å²) in [7, 11) is 0. The zero-order chi connectivity index (χ0) is 31.8. The van der Waals surface area contributed by atoms with Gasteiger partial charge in [-0.1, -0.05) is 11.8 Å². The molecule has 9 rings (SSSR count). The number of fused-ring (bicyclic) bond motifs is 5. The molecule has 0 radical (unpaired) electrons. The molecule has 2 spiro atoms. The summed E-state index contributed by atoms with van der Waals surface area (Å²) < 4.78 is 42.3. The van der Waals surface area contributed by atoms with Gasteiger partial charge in [-0.05, 0) is 49.7 Å². The minimum atomic E-state index is -5.08. The van der Waals surface area contributed by atoms with Crippen LogP contribution in [0.1, 0.15) is 43.8 Å². The van der Waals surface area contributed by atoms with Crippen LogP contribution >= 0.6 is 11.8 Å². The molecule has 46 heavy (non-hydrogen) atoms. The Hall–Kier alpha value is -4.05. The number of hydrogen-bond acceptors (Lipinski definition) is 10. The van der Waals surface area contributed by atoms with Crippen LogP contribution in [-0.2, 0) is 11.3 Å². The molecule has 1 saturated carbocycles. The van der Waals surface area contributed by atoms with E-state index in [1.165, 1.54) is 19.3 Å². The Morgan fingerprint density at radius 2 is 1.85 bits per heavy atom. The third kappa shape index (κ3) is 4.84. The predicted molar refractivity (Wildman–Crippen MR) is 161 cm³/mol. The van der Waals surface area contributed by atoms with Gasteiger partial charge in [-0.3, -0.25) is 9.08 Å². The zero-order valence-corrected chi connectivity index (χ0v) is 25.5. The number of nitrogens with two attached hydrogens (primary N) is 1. The van der Waals surface area contributed by atoms with Crippen molar-refractivity contribution >= 4 is 34.9 Å². The van der Waals surface area contributed by atoms with E-state index >= 15 is 0 Å². The lowest BCUT2D eigenvalue weighted by Crippen LogP contribution is -2.45. The zero-order valence-electron chi connectivity index (χ0n) is 24.7. The number of imidazole rings is 1. The van der Waals surface area contributed by atoms with Gasteiger partial charge in [0.15, 0.2) is 17.4 Å². The Morgan fingerprint density at radius 3 is 2.57 bits per heavy atom. The third-order valence-electron chi connectivity index (χ3n) is 10.2. The molecule has 3 fully saturated rings. The van der Waals surface area contributed by atoms with Crippen LogP contribution in [0.15, 0.2) is 53.2 Å². The maximum atomic E-state index is 10.6. The van der Waals surface area contributed by atoms with Crippen LogP contribution in [0, 0.1) is 10.8 Å². The molecule has 5 aliphatic rings. The highest BCUT2D eigenvalue weighted by molar-refractivity contribution is 7.99. The average molecular weight is 656 g/mol. The molecule has 0 bridgehead atoms. The standard InChI is InChI=1S/C28H31N9OS.C2HF3O2/c29-24-19-1-8-33-37(19)16-28(24)5-9-34(10-6-28)25-20-12-30-17-36(20)22(13-32-25)39-21-2-7-31-26-23(21)38-14-18-11-27(3-4-27)15-35(18)26;3-2(4,5)1(6)7/h1-2,7-8,12-13,17-18,24H,3-6,9-11,14-16,29H2;(H,6,7)/t18-,24-;/m1./s1. The van der Waals surface area contributed by atoms with E-state index in [0.29, 0.717) is 11.5 Å². The molecule has 12 nitrogen and oxygen atoms in total. The Bertz CT molecular complexity index is 1820. The van der Waals surface area contributed by atoms with E-state index in [-0.39, 0.29) is 11.5 Å². The fraction of sp³-hybridized carbons (Fsp3) is 0.500. The molecule has 3 N–H and O–H groups in total. The highest BCUT2D eigenvalue weighted by Gasteiger charge is 2.54. The predicted octanol–water partition coefficient (Wildman–Crippen LogP) is 4.16. The first kappa shape index (κ1) is 29.4. The van der Waals surface area contributed by atoms with E-state index in [9.17, 15) is 13.2 Å². The van der Waals surface area contributed by atoms with Crippen LogP contribution in [0.5, 0.6) is 5.75 Å². The van der Waals surface area contributed by atoms with Crippen LogP contribution in [0.4, 0.5) is 24.8 Å². The minimum Gasteiger partial charge on any atom is -0.486 e. The van der Waals surface area contributed by atoms with Crippen molar-refractivity contribution in [3.8, 4) is 5.75 Å². The van der Waals surface area contributed by atoms with E-state index in [0.717, 1.165) is 84.1 Å². The number of carboxylic acids is 1. The first-order chi connectivity index (χ1) is 22.1. The molecular formula is C30H32F3N9O3S. The molecule has 1 aliphatic carbocycles. The van der Waals surface area contributed by atoms with Gasteiger partial charge >= 0.3 is 12.1 Å². The average Bonchev–Trinajstić information content (AvgIpc) is 3.41. The number of pyridine rings is 1. The Kier molecular flexibility index (Phi) is 6.69. The van der Waals surface area contributed by atoms with Gasteiger partial charge in [0.25, 0.3) is 0 Å². The fourth-order valence-corrected chi connectivity index (χ4v) is 8.46. The summed E-state index contributed by atoms with van der Waals surface area (Å²) in [4.78, 5) is 29.1. The van der Waals surface area contributed by atoms with Crippen molar-refractivity contribution in [2.45, 2.75) is 66.8 Å². The number of ether oxygens (including phenoxy) is 1. The summed E-state index contributed by atoms with van der Waals surface area (Å²) in [5.74, 6) is 0.134. The summed E-state index contributed by atoms with van der Waals surface area (Å²) >= 11 is 1.67. The second kappa shape index (κ2) is 10.5. The number of nitrogens with zero attached hydrogens (tertiary/aromatic N) is 8.